The van der Waals surface area contributed by atoms with Crippen LogP contribution in [0.15, 0.2) is 29.8 Å². The molecule has 1 rings (SSSR count). The van der Waals surface area contributed by atoms with E-state index in [1.165, 1.54) is 31.4 Å². The number of benzene rings is 1. The van der Waals surface area contributed by atoms with Gasteiger partial charge in [-0.2, -0.15) is 13.2 Å². The number of carboxylic acid groups (broad SMARTS) is 1. The molecule has 1 aromatic rings. The summed E-state index contributed by atoms with van der Waals surface area (Å²) >= 11 is 0. The molecule has 0 aliphatic heterocycles. The summed E-state index contributed by atoms with van der Waals surface area (Å²) < 4.78 is 41.8. The second kappa shape index (κ2) is 4.90. The molecule has 3 nitrogen and oxygen atoms in total. The number of hydrogen-bond donors (Lipinski definition) is 1. The van der Waals surface area contributed by atoms with Gasteiger partial charge < -0.3 is 9.84 Å². The molecule has 0 radical (unpaired) electrons. The second-order valence-corrected chi connectivity index (χ2v) is 3.13. The molecule has 0 aliphatic rings. The number of rotatable bonds is 3. The summed E-state index contributed by atoms with van der Waals surface area (Å²) in [6.45, 7) is 0. The fraction of sp³-hybridized carbons (Fsp3) is 0.182. The normalized spacial score (nSPS) is 12.4. The van der Waals surface area contributed by atoms with Crippen LogP contribution in [0.2, 0.25) is 0 Å². The molecule has 0 saturated carbocycles. The van der Waals surface area contributed by atoms with Gasteiger partial charge in [0.15, 0.2) is 0 Å². The number of ether oxygens (including phenoxy) is 1. The predicted molar refractivity (Wildman–Crippen MR) is 54.7 cm³/mol. The van der Waals surface area contributed by atoms with E-state index >= 15 is 0 Å². The quantitative estimate of drug-likeness (QED) is 0.834. The van der Waals surface area contributed by atoms with E-state index in [1.807, 2.05) is 0 Å². The topological polar surface area (TPSA) is 46.5 Å². The summed E-state index contributed by atoms with van der Waals surface area (Å²) in [6, 6.07) is 5.57. The summed E-state index contributed by atoms with van der Waals surface area (Å²) in [5, 5.41) is 8.46. The molecular formula is C11H9F3O3. The smallest absolute Gasteiger partial charge is 0.423 e. The maximum Gasteiger partial charge on any atom is 0.423 e. The van der Waals surface area contributed by atoms with Crippen molar-refractivity contribution in [3.8, 4) is 5.75 Å². The molecule has 1 aromatic carbocycles. The monoisotopic (exact) mass is 246 g/mol. The van der Waals surface area contributed by atoms with E-state index in [1.54, 1.807) is 0 Å². The van der Waals surface area contributed by atoms with Crippen molar-refractivity contribution in [1.29, 1.82) is 0 Å². The number of carboxylic acids is 1. The fourth-order valence-corrected chi connectivity index (χ4v) is 1.13. The van der Waals surface area contributed by atoms with Crippen LogP contribution < -0.4 is 4.74 Å². The highest BCUT2D eigenvalue weighted by Crippen LogP contribution is 2.28. The highest BCUT2D eigenvalue weighted by molar-refractivity contribution is 5.93. The first-order valence-electron chi connectivity index (χ1n) is 4.51. The van der Waals surface area contributed by atoms with Crippen LogP contribution in [-0.2, 0) is 4.79 Å². The van der Waals surface area contributed by atoms with Gasteiger partial charge >= 0.3 is 12.1 Å². The van der Waals surface area contributed by atoms with Gasteiger partial charge in [-0.05, 0) is 23.8 Å². The Balaban J connectivity index is 3.09. The van der Waals surface area contributed by atoms with Crippen LogP contribution in [0.25, 0.3) is 6.08 Å². The maximum atomic E-state index is 12.3. The lowest BCUT2D eigenvalue weighted by molar-refractivity contribution is -0.144. The first kappa shape index (κ1) is 13.1. The Hall–Kier alpha value is -1.98. The minimum atomic E-state index is -4.88. The number of carbonyl (C=O) groups is 1. The standard InChI is InChI=1S/C11H9F3O3/c1-17-8-4-2-7(3-5-8)6-9(10(15)16)11(12,13)14/h2-6H,1H3,(H,15,16). The van der Waals surface area contributed by atoms with E-state index in [0.29, 0.717) is 11.8 Å². The molecule has 1 N–H and O–H groups in total. The van der Waals surface area contributed by atoms with Gasteiger partial charge in [0.05, 0.1) is 7.11 Å². The lowest BCUT2D eigenvalue weighted by Crippen LogP contribution is -2.19. The summed E-state index contributed by atoms with van der Waals surface area (Å²) in [7, 11) is 1.42. The molecule has 92 valence electrons. The summed E-state index contributed by atoms with van der Waals surface area (Å²) in [6.07, 6.45) is -4.31. The molecule has 0 fully saturated rings. The number of methoxy groups -OCH3 is 1. The van der Waals surface area contributed by atoms with Crippen molar-refractivity contribution in [3.05, 3.63) is 35.4 Å². The lowest BCUT2D eigenvalue weighted by atomic mass is 10.1. The van der Waals surface area contributed by atoms with Gasteiger partial charge in [-0.3, -0.25) is 0 Å². The van der Waals surface area contributed by atoms with Gasteiger partial charge in [-0.1, -0.05) is 12.1 Å². The highest BCUT2D eigenvalue weighted by atomic mass is 19.4. The molecule has 17 heavy (non-hydrogen) atoms. The molecule has 0 saturated heterocycles. The van der Waals surface area contributed by atoms with Crippen LogP contribution in [-0.4, -0.2) is 24.4 Å². The molecule has 0 atom stereocenters. The van der Waals surface area contributed by atoms with Gasteiger partial charge in [-0.25, -0.2) is 4.79 Å². The minimum Gasteiger partial charge on any atom is -0.497 e. The zero-order valence-electron chi connectivity index (χ0n) is 8.78. The highest BCUT2D eigenvalue weighted by Gasteiger charge is 2.38. The van der Waals surface area contributed by atoms with Crippen molar-refractivity contribution in [1.82, 2.24) is 0 Å². The summed E-state index contributed by atoms with van der Waals surface area (Å²) in [4.78, 5) is 10.5. The average molecular weight is 246 g/mol. The summed E-state index contributed by atoms with van der Waals surface area (Å²) in [5.74, 6) is -1.53. The van der Waals surface area contributed by atoms with E-state index in [9.17, 15) is 18.0 Å². The van der Waals surface area contributed by atoms with E-state index < -0.39 is 17.7 Å². The van der Waals surface area contributed by atoms with E-state index in [4.69, 9.17) is 9.84 Å². The van der Waals surface area contributed by atoms with Crippen molar-refractivity contribution in [2.75, 3.05) is 7.11 Å². The van der Waals surface area contributed by atoms with Crippen molar-refractivity contribution >= 4 is 12.0 Å². The second-order valence-electron chi connectivity index (χ2n) is 3.13. The number of halogens is 3. The van der Waals surface area contributed by atoms with Gasteiger partial charge in [0.2, 0.25) is 0 Å². The molecule has 0 spiro atoms. The van der Waals surface area contributed by atoms with Crippen LogP contribution in [0.5, 0.6) is 5.75 Å². The van der Waals surface area contributed by atoms with Crippen molar-refractivity contribution in [2.45, 2.75) is 6.18 Å². The van der Waals surface area contributed by atoms with Crippen LogP contribution >= 0.6 is 0 Å². The Morgan fingerprint density at radius 2 is 1.82 bits per heavy atom. The van der Waals surface area contributed by atoms with Gasteiger partial charge in [-0.15, -0.1) is 0 Å². The maximum absolute atomic E-state index is 12.3. The minimum absolute atomic E-state index is 0.139. The Morgan fingerprint density at radius 1 is 1.29 bits per heavy atom. The molecule has 0 heterocycles. The van der Waals surface area contributed by atoms with Gasteiger partial charge in [0.25, 0.3) is 0 Å². The molecule has 0 amide bonds. The Bertz CT molecular complexity index is 432. The fourth-order valence-electron chi connectivity index (χ4n) is 1.13. The average Bonchev–Trinajstić information content (AvgIpc) is 2.24. The molecule has 0 bridgehead atoms. The predicted octanol–water partition coefficient (Wildman–Crippen LogP) is 2.73. The van der Waals surface area contributed by atoms with Gasteiger partial charge in [0.1, 0.15) is 11.3 Å². The van der Waals surface area contributed by atoms with Gasteiger partial charge in [0, 0.05) is 0 Å². The first-order valence-corrected chi connectivity index (χ1v) is 4.51. The van der Waals surface area contributed by atoms with E-state index in [0.717, 1.165) is 0 Å². The van der Waals surface area contributed by atoms with E-state index in [2.05, 4.69) is 0 Å². The molecule has 0 aliphatic carbocycles. The Morgan fingerprint density at radius 3 is 2.18 bits per heavy atom. The third kappa shape index (κ3) is 3.51. The summed E-state index contributed by atoms with van der Waals surface area (Å²) in [5.41, 5.74) is -1.47. The van der Waals surface area contributed by atoms with E-state index in [-0.39, 0.29) is 5.56 Å². The third-order valence-corrected chi connectivity index (χ3v) is 1.96. The first-order chi connectivity index (χ1) is 7.84. The van der Waals surface area contributed by atoms with Crippen LogP contribution in [0.1, 0.15) is 5.56 Å². The molecule has 6 heteroatoms. The largest absolute Gasteiger partial charge is 0.497 e. The zero-order valence-corrected chi connectivity index (χ0v) is 8.78. The van der Waals surface area contributed by atoms with Crippen molar-refractivity contribution in [2.24, 2.45) is 0 Å². The van der Waals surface area contributed by atoms with Crippen LogP contribution in [0.4, 0.5) is 13.2 Å². The molecule has 0 aromatic heterocycles. The SMILES string of the molecule is COc1ccc(C=C(C(=O)O)C(F)(F)F)cc1. The van der Waals surface area contributed by atoms with Crippen LogP contribution in [0, 0.1) is 0 Å². The van der Waals surface area contributed by atoms with Crippen LogP contribution in [0.3, 0.4) is 0 Å². The Labute approximate surface area is 95.1 Å². The molecule has 0 unspecified atom stereocenters. The van der Waals surface area contributed by atoms with Crippen molar-refractivity contribution < 1.29 is 27.8 Å². The number of aliphatic carboxylic acids is 1. The number of hydrogen-bond acceptors (Lipinski definition) is 2. The molecular weight excluding hydrogens is 237 g/mol. The van der Waals surface area contributed by atoms with Crippen molar-refractivity contribution in [3.63, 3.8) is 0 Å². The Kier molecular flexibility index (Phi) is 3.77. The third-order valence-electron chi connectivity index (χ3n) is 1.96. The number of alkyl halides is 3. The zero-order chi connectivity index (χ0) is 13.1. The lowest BCUT2D eigenvalue weighted by Gasteiger charge is -2.07.